The van der Waals surface area contributed by atoms with E-state index in [0.717, 1.165) is 0 Å². The zero-order valence-corrected chi connectivity index (χ0v) is 28.3. The smallest absolute Gasteiger partial charge is 0.296 e. The zero-order chi connectivity index (χ0) is 34.0. The molecule has 1 amide bonds. The number of hydrogen-bond acceptors (Lipinski definition) is 15. The Morgan fingerprint density at radius 2 is 1.00 bits per heavy atom. The van der Waals surface area contributed by atoms with Gasteiger partial charge in [-0.05, 0) is 12.8 Å². The van der Waals surface area contributed by atoms with Crippen LogP contribution in [0.1, 0.15) is 6.92 Å². The lowest BCUT2D eigenvalue weighted by Gasteiger charge is -2.51. The van der Waals surface area contributed by atoms with Crippen LogP contribution in [0.15, 0.2) is 0 Å². The highest BCUT2D eigenvalue weighted by Gasteiger charge is 2.55. The van der Waals surface area contributed by atoms with Crippen LogP contribution in [0.25, 0.3) is 0 Å². The first-order chi connectivity index (χ1) is 22.2. The summed E-state index contributed by atoms with van der Waals surface area (Å²) in [4.78, 5) is 12.0. The van der Waals surface area contributed by atoms with Crippen molar-refractivity contribution in [2.45, 2.75) is 99.0 Å². The van der Waals surface area contributed by atoms with E-state index < -0.39 is 98.0 Å². The number of carbonyl (C=O) groups excluding carboxylic acids is 1. The number of hydrogen-bond donors (Lipinski definition) is 1. The molecule has 3 aliphatic rings. The minimum atomic E-state index is -1.00. The van der Waals surface area contributed by atoms with Crippen LogP contribution in [0.4, 0.5) is 0 Å². The fourth-order valence-electron chi connectivity index (χ4n) is 6.35. The fourth-order valence-corrected chi connectivity index (χ4v) is 6.35. The number of ether oxygens (including phenoxy) is 14. The van der Waals surface area contributed by atoms with Gasteiger partial charge in [0.05, 0.1) is 25.4 Å². The highest BCUT2D eigenvalue weighted by molar-refractivity contribution is 5.93. The van der Waals surface area contributed by atoms with Gasteiger partial charge in [-0.25, -0.2) is 0 Å². The van der Waals surface area contributed by atoms with Crippen molar-refractivity contribution >= 4 is 5.91 Å². The van der Waals surface area contributed by atoms with Crippen molar-refractivity contribution < 1.29 is 71.1 Å². The van der Waals surface area contributed by atoms with E-state index in [1.54, 1.807) is 21.1 Å². The fraction of sp³-hybridized carbons (Fsp3) is 0.900. The van der Waals surface area contributed by atoms with Crippen LogP contribution < -0.4 is 5.32 Å². The number of rotatable bonds is 16. The Bertz CT molecular complexity index is 954. The molecule has 0 radical (unpaired) electrons. The Kier molecular flexibility index (Phi) is 16.0. The Balaban J connectivity index is 1.90. The second-order valence-corrected chi connectivity index (χ2v) is 11.0. The maximum Gasteiger partial charge on any atom is 0.296 e. The molecule has 0 bridgehead atoms. The van der Waals surface area contributed by atoms with E-state index >= 15 is 0 Å². The van der Waals surface area contributed by atoms with Crippen molar-refractivity contribution in [2.75, 3.05) is 77.2 Å². The maximum atomic E-state index is 12.0. The molecule has 0 aromatic heterocycles. The molecule has 3 fully saturated rings. The summed E-state index contributed by atoms with van der Waals surface area (Å²) in [5.41, 5.74) is 0. The minimum Gasteiger partial charge on any atom is -0.382 e. The summed E-state index contributed by atoms with van der Waals surface area (Å²) < 4.78 is 83.5. The molecule has 16 nitrogen and oxygen atoms in total. The monoisotopic (exact) mass is 665 g/mol. The van der Waals surface area contributed by atoms with Gasteiger partial charge in [-0.1, -0.05) is 0 Å². The van der Waals surface area contributed by atoms with Crippen LogP contribution in [0.5, 0.6) is 0 Å². The van der Waals surface area contributed by atoms with Gasteiger partial charge in [0, 0.05) is 64.0 Å². The van der Waals surface area contributed by atoms with E-state index in [2.05, 4.69) is 11.2 Å². The molecular weight excluding hydrogens is 614 g/mol. The van der Waals surface area contributed by atoms with Gasteiger partial charge in [0.1, 0.15) is 61.0 Å². The first-order valence-electron chi connectivity index (χ1n) is 14.9. The molecule has 0 aliphatic carbocycles. The quantitative estimate of drug-likeness (QED) is 0.202. The standard InChI is InChI=1S/C30H51NO15/c1-12-18(32)31-19-15(2)42-29(25(38-8)22(19)35-5)45-21-17(14-34-4)44-30(27(40-10)24(21)37-7)46-20-16(13-33-3)43-28(41-11)26(39-9)23(20)36-6/h1,15-17,19-30H,13-14H2,2-11H3,(H,31,32)/t15?,16?,17?,19?,20?,21?,22?,23-,24?,25?,26?,27?,28?,29?,30?/m1/s1. The van der Waals surface area contributed by atoms with Gasteiger partial charge in [0.2, 0.25) is 0 Å². The third-order valence-corrected chi connectivity index (χ3v) is 8.52. The van der Waals surface area contributed by atoms with Gasteiger partial charge < -0.3 is 71.6 Å². The molecule has 0 saturated carbocycles. The van der Waals surface area contributed by atoms with E-state index in [1.165, 1.54) is 49.8 Å². The van der Waals surface area contributed by atoms with E-state index in [4.69, 9.17) is 72.7 Å². The summed E-state index contributed by atoms with van der Waals surface area (Å²) in [5.74, 6) is 1.45. The van der Waals surface area contributed by atoms with Crippen molar-refractivity contribution in [3.63, 3.8) is 0 Å². The van der Waals surface area contributed by atoms with Gasteiger partial charge in [0.25, 0.3) is 5.91 Å². The molecule has 1 N–H and O–H groups in total. The molecule has 3 saturated heterocycles. The Morgan fingerprint density at radius 1 is 0.587 bits per heavy atom. The summed E-state index contributed by atoms with van der Waals surface area (Å²) in [5, 5.41) is 2.74. The van der Waals surface area contributed by atoms with Crippen molar-refractivity contribution in [3.8, 4) is 12.3 Å². The van der Waals surface area contributed by atoms with Crippen LogP contribution >= 0.6 is 0 Å². The molecule has 3 heterocycles. The molecule has 0 aromatic rings. The number of terminal acetylenes is 1. The predicted octanol–water partition coefficient (Wildman–Crippen LogP) is -0.901. The SMILES string of the molecule is C#CC(=O)NC1C(C)OC(OC2C(COC)OC(OC3C(COC)OC(OC)C(OC)[C@@H]3OC)C(OC)C2OC)C(OC)C1OC. The average molecular weight is 666 g/mol. The molecular formula is C30H51NO15. The highest BCUT2D eigenvalue weighted by Crippen LogP contribution is 2.36. The zero-order valence-electron chi connectivity index (χ0n) is 28.3. The van der Waals surface area contributed by atoms with Crippen molar-refractivity contribution in [2.24, 2.45) is 0 Å². The minimum absolute atomic E-state index is 0.0954. The molecule has 3 rings (SSSR count). The van der Waals surface area contributed by atoms with Crippen molar-refractivity contribution in [3.05, 3.63) is 0 Å². The molecule has 14 unspecified atom stereocenters. The predicted molar refractivity (Wildman–Crippen MR) is 158 cm³/mol. The van der Waals surface area contributed by atoms with Gasteiger partial charge in [-0.3, -0.25) is 4.79 Å². The maximum absolute atomic E-state index is 12.0. The lowest BCUT2D eigenvalue weighted by atomic mass is 9.94. The number of amides is 1. The Morgan fingerprint density at radius 3 is 1.41 bits per heavy atom. The van der Waals surface area contributed by atoms with Gasteiger partial charge in [-0.2, -0.15) is 0 Å². The summed E-state index contributed by atoms with van der Waals surface area (Å²) in [6.45, 7) is 2.04. The lowest BCUT2D eigenvalue weighted by molar-refractivity contribution is -0.381. The van der Waals surface area contributed by atoms with Crippen LogP contribution in [-0.4, -0.2) is 175 Å². The van der Waals surface area contributed by atoms with E-state index in [1.807, 2.05) is 0 Å². The molecule has 46 heavy (non-hydrogen) atoms. The first-order valence-corrected chi connectivity index (χ1v) is 14.9. The number of nitrogens with one attached hydrogen (secondary N) is 1. The third-order valence-electron chi connectivity index (χ3n) is 8.52. The lowest BCUT2D eigenvalue weighted by Crippen LogP contribution is -2.68. The molecule has 15 atom stereocenters. The van der Waals surface area contributed by atoms with Crippen LogP contribution in [0.2, 0.25) is 0 Å². The third kappa shape index (κ3) is 8.54. The second kappa shape index (κ2) is 18.9. The van der Waals surface area contributed by atoms with E-state index in [9.17, 15) is 4.79 Å². The van der Waals surface area contributed by atoms with Gasteiger partial charge >= 0.3 is 0 Å². The average Bonchev–Trinajstić information content (AvgIpc) is 3.06. The van der Waals surface area contributed by atoms with E-state index in [-0.39, 0.29) is 13.2 Å². The summed E-state index contributed by atoms with van der Waals surface area (Å²) in [6, 6.07) is -0.612. The highest BCUT2D eigenvalue weighted by atomic mass is 16.8. The first kappa shape index (κ1) is 38.9. The molecule has 0 aromatic carbocycles. The second-order valence-electron chi connectivity index (χ2n) is 11.0. The van der Waals surface area contributed by atoms with Crippen LogP contribution in [-0.2, 0) is 71.1 Å². The molecule has 3 aliphatic heterocycles. The summed E-state index contributed by atoms with van der Waals surface area (Å²) >= 11 is 0. The van der Waals surface area contributed by atoms with Crippen LogP contribution in [0.3, 0.4) is 0 Å². The largest absolute Gasteiger partial charge is 0.382 e. The van der Waals surface area contributed by atoms with Gasteiger partial charge in [0.15, 0.2) is 18.9 Å². The summed E-state index contributed by atoms with van der Waals surface area (Å²) in [6.07, 6.45) is -5.16. The van der Waals surface area contributed by atoms with Crippen molar-refractivity contribution in [1.29, 1.82) is 0 Å². The molecule has 16 heteroatoms. The molecule has 0 spiro atoms. The Hall–Kier alpha value is -1.53. The van der Waals surface area contributed by atoms with Crippen molar-refractivity contribution in [1.82, 2.24) is 5.32 Å². The van der Waals surface area contributed by atoms with E-state index in [0.29, 0.717) is 0 Å². The molecule has 266 valence electrons. The van der Waals surface area contributed by atoms with Gasteiger partial charge in [-0.15, -0.1) is 6.42 Å². The van der Waals surface area contributed by atoms with Crippen LogP contribution in [0, 0.1) is 12.3 Å². The topological polar surface area (TPSA) is 158 Å². The summed E-state index contributed by atoms with van der Waals surface area (Å²) in [7, 11) is 13.7. The normalized spacial score (nSPS) is 41.5. The number of carbonyl (C=O) groups is 1. The Labute approximate surface area is 271 Å². The number of methoxy groups -OCH3 is 9.